The summed E-state index contributed by atoms with van der Waals surface area (Å²) >= 11 is 0. The Bertz CT molecular complexity index is 293. The summed E-state index contributed by atoms with van der Waals surface area (Å²) in [5.41, 5.74) is -0.824. The molecule has 0 rings (SSSR count). The minimum atomic E-state index is -1.67. The molecular formula is C9H15NO6. The highest BCUT2D eigenvalue weighted by atomic mass is 16.6. The molecular weight excluding hydrogens is 218 g/mol. The van der Waals surface area contributed by atoms with Crippen LogP contribution in [0.4, 0.5) is 0 Å². The molecule has 3 N–H and O–H groups in total. The summed E-state index contributed by atoms with van der Waals surface area (Å²) in [6, 6.07) is -1.67. The van der Waals surface area contributed by atoms with Crippen LogP contribution in [0.1, 0.15) is 20.8 Å². The van der Waals surface area contributed by atoms with Gasteiger partial charge in [0.15, 0.2) is 0 Å². The molecule has 0 aromatic rings. The van der Waals surface area contributed by atoms with Crippen LogP contribution < -0.4 is 5.32 Å². The minimum Gasteiger partial charge on any atom is -0.480 e. The lowest BCUT2D eigenvalue weighted by Crippen LogP contribution is -2.48. The maximum absolute atomic E-state index is 11.4. The van der Waals surface area contributed by atoms with Crippen molar-refractivity contribution in [3.05, 3.63) is 0 Å². The van der Waals surface area contributed by atoms with Crippen LogP contribution in [0, 0.1) is 0 Å². The summed E-state index contributed by atoms with van der Waals surface area (Å²) in [6.45, 7) is 4.12. The van der Waals surface area contributed by atoms with Crippen molar-refractivity contribution in [1.29, 1.82) is 0 Å². The minimum absolute atomic E-state index is 0.629. The molecule has 16 heavy (non-hydrogen) atoms. The van der Waals surface area contributed by atoms with Gasteiger partial charge in [0.05, 0.1) is 6.54 Å². The molecule has 0 fully saturated rings. The highest BCUT2D eigenvalue weighted by Crippen LogP contribution is 2.08. The van der Waals surface area contributed by atoms with Crippen LogP contribution in [0.15, 0.2) is 0 Å². The molecule has 0 unspecified atom stereocenters. The molecule has 0 spiro atoms. The van der Waals surface area contributed by atoms with Gasteiger partial charge in [-0.15, -0.1) is 0 Å². The number of nitrogens with one attached hydrogen (secondary N) is 1. The Kier molecular flexibility index (Phi) is 4.90. The van der Waals surface area contributed by atoms with Gasteiger partial charge in [-0.3, -0.25) is 10.1 Å². The van der Waals surface area contributed by atoms with Gasteiger partial charge in [-0.1, -0.05) is 0 Å². The van der Waals surface area contributed by atoms with Gasteiger partial charge in [-0.25, -0.2) is 9.59 Å². The number of ether oxygens (including phenoxy) is 1. The summed E-state index contributed by atoms with van der Waals surface area (Å²) < 4.78 is 4.82. The first-order valence-electron chi connectivity index (χ1n) is 4.54. The van der Waals surface area contributed by atoms with Gasteiger partial charge in [-0.05, 0) is 20.8 Å². The lowest BCUT2D eigenvalue weighted by molar-refractivity contribution is -0.163. The van der Waals surface area contributed by atoms with Gasteiger partial charge in [0.1, 0.15) is 5.60 Å². The van der Waals surface area contributed by atoms with Crippen molar-refractivity contribution in [3.63, 3.8) is 0 Å². The van der Waals surface area contributed by atoms with Gasteiger partial charge < -0.3 is 14.9 Å². The smallest absolute Gasteiger partial charge is 0.335 e. The number of carbonyl (C=O) groups is 3. The predicted molar refractivity (Wildman–Crippen MR) is 52.9 cm³/mol. The fourth-order valence-corrected chi connectivity index (χ4v) is 0.822. The number of rotatable bonds is 5. The summed E-state index contributed by atoms with van der Waals surface area (Å²) in [4.78, 5) is 32.3. The Balaban J connectivity index is 4.48. The lowest BCUT2D eigenvalue weighted by Gasteiger charge is -2.22. The Morgan fingerprint density at radius 1 is 1.25 bits per heavy atom. The standard InChI is InChI=1S/C9H15NO6/c1-9(2,3)16-8(15)6(7(13)14)10-4-5(11)12/h6,10H,4H2,1-3H3,(H,11,12)(H,13,14)/t6-/m0/s1. The zero-order valence-corrected chi connectivity index (χ0v) is 9.31. The zero-order valence-electron chi connectivity index (χ0n) is 9.31. The number of aliphatic carboxylic acids is 2. The van der Waals surface area contributed by atoms with Gasteiger partial charge in [0.2, 0.25) is 6.04 Å². The summed E-state index contributed by atoms with van der Waals surface area (Å²) in [5, 5.41) is 19.1. The van der Waals surface area contributed by atoms with Gasteiger partial charge in [-0.2, -0.15) is 0 Å². The topological polar surface area (TPSA) is 113 Å². The van der Waals surface area contributed by atoms with E-state index >= 15 is 0 Å². The van der Waals surface area contributed by atoms with E-state index in [0.29, 0.717) is 0 Å². The highest BCUT2D eigenvalue weighted by Gasteiger charge is 2.31. The second kappa shape index (κ2) is 5.45. The van der Waals surface area contributed by atoms with E-state index < -0.39 is 36.1 Å². The van der Waals surface area contributed by atoms with E-state index in [1.165, 1.54) is 0 Å². The predicted octanol–water partition coefficient (Wildman–Crippen LogP) is -0.544. The van der Waals surface area contributed by atoms with Crippen molar-refractivity contribution in [1.82, 2.24) is 5.32 Å². The van der Waals surface area contributed by atoms with Gasteiger partial charge in [0.25, 0.3) is 0 Å². The van der Waals surface area contributed by atoms with Crippen molar-refractivity contribution < 1.29 is 29.3 Å². The third kappa shape index (κ3) is 5.97. The number of carboxylic acids is 2. The van der Waals surface area contributed by atoms with Crippen LogP contribution in [0.5, 0.6) is 0 Å². The monoisotopic (exact) mass is 233 g/mol. The summed E-state index contributed by atoms with van der Waals surface area (Å²) in [5.74, 6) is -3.74. The van der Waals surface area contributed by atoms with E-state index in [9.17, 15) is 14.4 Å². The average Bonchev–Trinajstić information content (AvgIpc) is 1.98. The molecule has 0 aromatic heterocycles. The first-order valence-corrected chi connectivity index (χ1v) is 4.54. The molecule has 0 aliphatic heterocycles. The molecule has 0 saturated carbocycles. The largest absolute Gasteiger partial charge is 0.480 e. The van der Waals surface area contributed by atoms with Crippen molar-refractivity contribution in [2.75, 3.05) is 6.54 Å². The number of carboxylic acid groups (broad SMARTS) is 2. The van der Waals surface area contributed by atoms with Gasteiger partial charge >= 0.3 is 17.9 Å². The molecule has 92 valence electrons. The Hall–Kier alpha value is -1.63. The third-order valence-corrected chi connectivity index (χ3v) is 1.35. The second-order valence-corrected chi connectivity index (χ2v) is 4.08. The maximum Gasteiger partial charge on any atom is 0.335 e. The molecule has 0 aliphatic carbocycles. The van der Waals surface area contributed by atoms with E-state index in [1.807, 2.05) is 0 Å². The van der Waals surface area contributed by atoms with Crippen LogP contribution >= 0.6 is 0 Å². The van der Waals surface area contributed by atoms with Crippen molar-refractivity contribution in [2.45, 2.75) is 32.4 Å². The van der Waals surface area contributed by atoms with Crippen LogP contribution in [0.3, 0.4) is 0 Å². The fraction of sp³-hybridized carbons (Fsp3) is 0.667. The molecule has 0 aliphatic rings. The number of hydrogen-bond donors (Lipinski definition) is 3. The van der Waals surface area contributed by atoms with E-state index in [-0.39, 0.29) is 0 Å². The lowest BCUT2D eigenvalue weighted by atomic mass is 10.2. The highest BCUT2D eigenvalue weighted by molar-refractivity contribution is 5.98. The molecule has 0 heterocycles. The number of carbonyl (C=O) groups excluding carboxylic acids is 1. The molecule has 0 radical (unpaired) electrons. The van der Waals surface area contributed by atoms with Crippen molar-refractivity contribution >= 4 is 17.9 Å². The van der Waals surface area contributed by atoms with Crippen LogP contribution in [0.2, 0.25) is 0 Å². The Morgan fingerprint density at radius 2 is 1.75 bits per heavy atom. The molecule has 0 saturated heterocycles. The first-order chi connectivity index (χ1) is 7.13. The summed E-state index contributed by atoms with van der Waals surface area (Å²) in [7, 11) is 0. The van der Waals surface area contributed by atoms with Crippen LogP contribution in [-0.4, -0.2) is 46.3 Å². The molecule has 0 bridgehead atoms. The van der Waals surface area contributed by atoms with Crippen LogP contribution in [0.25, 0.3) is 0 Å². The third-order valence-electron chi connectivity index (χ3n) is 1.35. The van der Waals surface area contributed by atoms with E-state index in [1.54, 1.807) is 20.8 Å². The van der Waals surface area contributed by atoms with E-state index in [0.717, 1.165) is 0 Å². The van der Waals surface area contributed by atoms with Gasteiger partial charge in [0, 0.05) is 0 Å². The first kappa shape index (κ1) is 14.4. The molecule has 7 heteroatoms. The zero-order chi connectivity index (χ0) is 12.9. The number of esters is 1. The van der Waals surface area contributed by atoms with Crippen molar-refractivity contribution in [3.8, 4) is 0 Å². The maximum atomic E-state index is 11.4. The molecule has 7 nitrogen and oxygen atoms in total. The van der Waals surface area contributed by atoms with Crippen LogP contribution in [-0.2, 0) is 19.1 Å². The second-order valence-electron chi connectivity index (χ2n) is 4.08. The molecule has 0 aromatic carbocycles. The van der Waals surface area contributed by atoms with E-state index in [2.05, 4.69) is 5.32 Å². The Morgan fingerprint density at radius 3 is 2.06 bits per heavy atom. The quantitative estimate of drug-likeness (QED) is 0.431. The fourth-order valence-electron chi connectivity index (χ4n) is 0.822. The number of hydrogen-bond acceptors (Lipinski definition) is 5. The molecule has 0 amide bonds. The molecule has 1 atom stereocenters. The summed E-state index contributed by atoms with van der Waals surface area (Å²) in [6.07, 6.45) is 0. The normalized spacial score (nSPS) is 12.9. The SMILES string of the molecule is CC(C)(C)OC(=O)[C@@H](NCC(=O)O)C(=O)O. The Labute approximate surface area is 92.4 Å². The van der Waals surface area contributed by atoms with Crippen molar-refractivity contribution in [2.24, 2.45) is 0 Å². The average molecular weight is 233 g/mol. The van der Waals surface area contributed by atoms with E-state index in [4.69, 9.17) is 14.9 Å².